The van der Waals surface area contributed by atoms with Gasteiger partial charge in [-0.1, -0.05) is 127 Å². The van der Waals surface area contributed by atoms with Crippen molar-refractivity contribution in [2.45, 2.75) is 0 Å². The van der Waals surface area contributed by atoms with E-state index in [1.54, 1.807) is 0 Å². The van der Waals surface area contributed by atoms with Crippen molar-refractivity contribution < 1.29 is 0 Å². The van der Waals surface area contributed by atoms with E-state index in [0.717, 1.165) is 61.1 Å². The molecule has 0 aliphatic carbocycles. The number of rotatable bonds is 5. The van der Waals surface area contributed by atoms with Gasteiger partial charge in [-0.2, -0.15) is 0 Å². The topological polar surface area (TPSA) is 56.0 Å². The maximum Gasteiger partial charge on any atom is 0.164 e. The SMILES string of the molecule is c1ccc(-c2nc(-c3ccccc3)nc(-c3cccc(-c4cccc(-c5cc6ccccc6n6c5nc5ccccc56)c4)c3)n2)cc1. The van der Waals surface area contributed by atoms with Crippen molar-refractivity contribution in [2.75, 3.05) is 0 Å². The van der Waals surface area contributed by atoms with Crippen LogP contribution in [0.1, 0.15) is 0 Å². The summed E-state index contributed by atoms with van der Waals surface area (Å²) in [6.45, 7) is 0. The molecule has 3 heterocycles. The highest BCUT2D eigenvalue weighted by atomic mass is 15.0. The largest absolute Gasteiger partial charge is 0.292 e. The Morgan fingerprint density at radius 2 is 0.830 bits per heavy atom. The summed E-state index contributed by atoms with van der Waals surface area (Å²) in [6, 6.07) is 56.4. The van der Waals surface area contributed by atoms with Gasteiger partial charge in [0.2, 0.25) is 0 Å². The summed E-state index contributed by atoms with van der Waals surface area (Å²) < 4.78 is 2.28. The molecule has 0 saturated heterocycles. The minimum Gasteiger partial charge on any atom is -0.292 e. The van der Waals surface area contributed by atoms with E-state index in [9.17, 15) is 0 Å². The Labute approximate surface area is 271 Å². The Balaban J connectivity index is 1.18. The predicted octanol–water partition coefficient (Wildman–Crippen LogP) is 10.2. The molecule has 0 saturated carbocycles. The van der Waals surface area contributed by atoms with Crippen molar-refractivity contribution in [3.05, 3.63) is 164 Å². The van der Waals surface area contributed by atoms with Crippen molar-refractivity contribution >= 4 is 27.6 Å². The lowest BCUT2D eigenvalue weighted by Crippen LogP contribution is -2.00. The molecule has 0 aliphatic heterocycles. The van der Waals surface area contributed by atoms with Gasteiger partial charge < -0.3 is 0 Å². The van der Waals surface area contributed by atoms with Gasteiger partial charge in [-0.3, -0.25) is 4.40 Å². The van der Waals surface area contributed by atoms with Crippen LogP contribution in [0.2, 0.25) is 0 Å². The van der Waals surface area contributed by atoms with E-state index in [0.29, 0.717) is 17.5 Å². The molecule has 0 radical (unpaired) electrons. The molecule has 47 heavy (non-hydrogen) atoms. The molecule has 0 fully saturated rings. The standard InChI is InChI=1S/C42H27N5/c1-3-13-28(14-4-1)39-44-40(29-15-5-2-6-16-29)46-41(45-39)34-21-12-19-31(26-34)30-18-11-20-32(25-30)35-27-33-17-7-9-23-37(33)47-38-24-10-8-22-36(38)43-42(35)47/h1-27H. The maximum absolute atomic E-state index is 5.10. The second-order valence-corrected chi connectivity index (χ2v) is 11.6. The van der Waals surface area contributed by atoms with Crippen molar-refractivity contribution in [1.29, 1.82) is 0 Å². The van der Waals surface area contributed by atoms with Crippen molar-refractivity contribution in [3.8, 4) is 56.4 Å². The molecule has 0 atom stereocenters. The van der Waals surface area contributed by atoms with Gasteiger partial charge >= 0.3 is 0 Å². The molecular weight excluding hydrogens is 574 g/mol. The first-order chi connectivity index (χ1) is 23.3. The minimum atomic E-state index is 0.635. The summed E-state index contributed by atoms with van der Waals surface area (Å²) in [6.07, 6.45) is 0. The quantitative estimate of drug-likeness (QED) is 0.197. The molecule has 0 aliphatic rings. The van der Waals surface area contributed by atoms with Crippen LogP contribution in [-0.4, -0.2) is 24.3 Å². The molecule has 0 bridgehead atoms. The first-order valence-electron chi connectivity index (χ1n) is 15.7. The number of nitrogens with zero attached hydrogens (tertiary/aromatic N) is 5. The Bertz CT molecular complexity index is 2510. The average molecular weight is 602 g/mol. The Kier molecular flexibility index (Phi) is 6.39. The number of pyridine rings is 1. The number of aromatic nitrogens is 5. The van der Waals surface area contributed by atoms with E-state index in [1.165, 1.54) is 5.39 Å². The third-order valence-corrected chi connectivity index (χ3v) is 8.61. The van der Waals surface area contributed by atoms with Gasteiger partial charge in [0.25, 0.3) is 0 Å². The molecule has 3 aromatic heterocycles. The fourth-order valence-electron chi connectivity index (χ4n) is 6.34. The van der Waals surface area contributed by atoms with Gasteiger partial charge in [-0.05, 0) is 58.5 Å². The molecule has 0 spiro atoms. The van der Waals surface area contributed by atoms with Crippen molar-refractivity contribution in [3.63, 3.8) is 0 Å². The second kappa shape index (κ2) is 11.2. The normalized spacial score (nSPS) is 11.4. The smallest absolute Gasteiger partial charge is 0.164 e. The number of hydrogen-bond donors (Lipinski definition) is 0. The lowest BCUT2D eigenvalue weighted by Gasteiger charge is -2.12. The van der Waals surface area contributed by atoms with Crippen LogP contribution in [0.3, 0.4) is 0 Å². The third-order valence-electron chi connectivity index (χ3n) is 8.61. The van der Waals surface area contributed by atoms with Gasteiger partial charge in [0.1, 0.15) is 5.65 Å². The highest BCUT2D eigenvalue weighted by molar-refractivity contribution is 5.98. The van der Waals surface area contributed by atoms with Gasteiger partial charge in [-0.25, -0.2) is 19.9 Å². The Morgan fingerprint density at radius 1 is 0.340 bits per heavy atom. The van der Waals surface area contributed by atoms with Gasteiger partial charge in [0.05, 0.1) is 16.6 Å². The molecule has 5 nitrogen and oxygen atoms in total. The van der Waals surface area contributed by atoms with Crippen LogP contribution >= 0.6 is 0 Å². The van der Waals surface area contributed by atoms with Crippen LogP contribution in [-0.2, 0) is 0 Å². The van der Waals surface area contributed by atoms with Crippen LogP contribution in [0, 0.1) is 0 Å². The fourth-order valence-corrected chi connectivity index (χ4v) is 6.34. The summed E-state index contributed by atoms with van der Waals surface area (Å²) in [4.78, 5) is 19.9. The molecule has 6 aromatic carbocycles. The van der Waals surface area contributed by atoms with Crippen molar-refractivity contribution in [2.24, 2.45) is 0 Å². The zero-order valence-electron chi connectivity index (χ0n) is 25.3. The monoisotopic (exact) mass is 601 g/mol. The molecule has 9 aromatic rings. The van der Waals surface area contributed by atoms with Crippen LogP contribution < -0.4 is 0 Å². The number of imidazole rings is 1. The zero-order valence-corrected chi connectivity index (χ0v) is 25.3. The summed E-state index contributed by atoms with van der Waals surface area (Å²) in [5, 5.41) is 1.17. The van der Waals surface area contributed by atoms with E-state index in [4.69, 9.17) is 19.9 Å². The van der Waals surface area contributed by atoms with Crippen LogP contribution in [0.5, 0.6) is 0 Å². The predicted molar refractivity (Wildman–Crippen MR) is 191 cm³/mol. The van der Waals surface area contributed by atoms with Gasteiger partial charge in [0, 0.05) is 22.3 Å². The van der Waals surface area contributed by atoms with Gasteiger partial charge in [-0.15, -0.1) is 0 Å². The maximum atomic E-state index is 5.10. The highest BCUT2D eigenvalue weighted by Crippen LogP contribution is 2.35. The molecular formula is C42H27N5. The van der Waals surface area contributed by atoms with Crippen LogP contribution in [0.25, 0.3) is 84.0 Å². The molecule has 0 N–H and O–H groups in total. The molecule has 220 valence electrons. The summed E-state index contributed by atoms with van der Waals surface area (Å²) in [5.41, 5.74) is 11.4. The van der Waals surface area contributed by atoms with E-state index < -0.39 is 0 Å². The van der Waals surface area contributed by atoms with Crippen molar-refractivity contribution in [1.82, 2.24) is 24.3 Å². The first-order valence-corrected chi connectivity index (χ1v) is 15.7. The number of hydrogen-bond acceptors (Lipinski definition) is 4. The molecule has 9 rings (SSSR count). The first kappa shape index (κ1) is 26.9. The number of fused-ring (bicyclic) bond motifs is 5. The summed E-state index contributed by atoms with van der Waals surface area (Å²) in [7, 11) is 0. The van der Waals surface area contributed by atoms with Crippen LogP contribution in [0.15, 0.2) is 164 Å². The molecule has 0 unspecified atom stereocenters. The number of para-hydroxylation sites is 3. The third kappa shape index (κ3) is 4.82. The summed E-state index contributed by atoms with van der Waals surface area (Å²) in [5.74, 6) is 1.93. The Hall–Kier alpha value is -6.46. The average Bonchev–Trinajstić information content (AvgIpc) is 3.55. The fraction of sp³-hybridized carbons (Fsp3) is 0. The number of benzene rings is 6. The minimum absolute atomic E-state index is 0.635. The zero-order chi connectivity index (χ0) is 31.2. The lowest BCUT2D eigenvalue weighted by atomic mass is 9.97. The van der Waals surface area contributed by atoms with E-state index in [-0.39, 0.29) is 0 Å². The second-order valence-electron chi connectivity index (χ2n) is 11.6. The molecule has 0 amide bonds. The lowest BCUT2D eigenvalue weighted by molar-refractivity contribution is 1.07. The Morgan fingerprint density at radius 3 is 1.51 bits per heavy atom. The van der Waals surface area contributed by atoms with E-state index in [1.807, 2.05) is 66.7 Å². The highest BCUT2D eigenvalue weighted by Gasteiger charge is 2.16. The van der Waals surface area contributed by atoms with Gasteiger partial charge in [0.15, 0.2) is 17.5 Å². The van der Waals surface area contributed by atoms with Crippen LogP contribution in [0.4, 0.5) is 0 Å². The molecule has 5 heteroatoms. The van der Waals surface area contributed by atoms with E-state index >= 15 is 0 Å². The summed E-state index contributed by atoms with van der Waals surface area (Å²) >= 11 is 0. The van der Waals surface area contributed by atoms with E-state index in [2.05, 4.69) is 101 Å².